The molecule has 0 saturated carbocycles. The van der Waals surface area contributed by atoms with E-state index in [1.807, 2.05) is 0 Å². The van der Waals surface area contributed by atoms with Crippen molar-refractivity contribution < 1.29 is 28.4 Å². The first-order valence-electron chi connectivity index (χ1n) is 7.35. The van der Waals surface area contributed by atoms with E-state index in [4.69, 9.17) is 19.2 Å². The second kappa shape index (κ2) is 7.29. The standard InChI is InChI=1S/C17H13BFNO5/c19-16-8-11(17-20-5-6-24-17)1-2-12(16)10-25-14-3-4-15(18(22)23)13(7-14)9-21/h1-9,22-23H,10H2. The molecule has 0 amide bonds. The van der Waals surface area contributed by atoms with E-state index in [0.29, 0.717) is 29.1 Å². The first kappa shape index (κ1) is 16.9. The van der Waals surface area contributed by atoms with Crippen LogP contribution in [0.5, 0.6) is 5.75 Å². The van der Waals surface area contributed by atoms with Crippen LogP contribution in [0.3, 0.4) is 0 Å². The summed E-state index contributed by atoms with van der Waals surface area (Å²) in [6, 6.07) is 8.72. The van der Waals surface area contributed by atoms with Crippen LogP contribution >= 0.6 is 0 Å². The van der Waals surface area contributed by atoms with Crippen molar-refractivity contribution in [3.8, 4) is 17.2 Å². The van der Waals surface area contributed by atoms with E-state index in [9.17, 15) is 9.18 Å². The SMILES string of the molecule is O=Cc1cc(OCc2ccc(-c3ncco3)cc2F)ccc1B(O)O. The summed E-state index contributed by atoms with van der Waals surface area (Å²) in [4.78, 5) is 15.0. The maximum atomic E-state index is 14.2. The predicted octanol–water partition coefficient (Wildman–Crippen LogP) is 1.55. The van der Waals surface area contributed by atoms with Gasteiger partial charge in [-0.25, -0.2) is 9.37 Å². The number of carbonyl (C=O) groups excluding carboxylic acids is 1. The number of rotatable bonds is 6. The molecule has 126 valence electrons. The molecule has 3 rings (SSSR count). The highest BCUT2D eigenvalue weighted by Crippen LogP contribution is 2.21. The predicted molar refractivity (Wildman–Crippen MR) is 87.9 cm³/mol. The van der Waals surface area contributed by atoms with Gasteiger partial charge in [-0.3, -0.25) is 4.79 Å². The van der Waals surface area contributed by atoms with Crippen LogP contribution in [0.2, 0.25) is 0 Å². The zero-order valence-electron chi connectivity index (χ0n) is 12.9. The Morgan fingerprint density at radius 1 is 1.24 bits per heavy atom. The van der Waals surface area contributed by atoms with E-state index < -0.39 is 12.9 Å². The van der Waals surface area contributed by atoms with Crippen LogP contribution in [0, 0.1) is 5.82 Å². The molecule has 0 atom stereocenters. The first-order chi connectivity index (χ1) is 12.1. The molecule has 0 bridgehead atoms. The Hall–Kier alpha value is -2.97. The Morgan fingerprint density at radius 3 is 2.72 bits per heavy atom. The third kappa shape index (κ3) is 3.76. The van der Waals surface area contributed by atoms with Gasteiger partial charge in [0.2, 0.25) is 5.89 Å². The van der Waals surface area contributed by atoms with Crippen molar-refractivity contribution in [1.82, 2.24) is 4.98 Å². The van der Waals surface area contributed by atoms with Gasteiger partial charge >= 0.3 is 7.12 Å². The molecule has 25 heavy (non-hydrogen) atoms. The second-order valence-electron chi connectivity index (χ2n) is 5.21. The number of aldehydes is 1. The number of hydrogen-bond acceptors (Lipinski definition) is 6. The highest BCUT2D eigenvalue weighted by Gasteiger charge is 2.16. The Balaban J connectivity index is 1.74. The summed E-state index contributed by atoms with van der Waals surface area (Å²) in [6.45, 7) is -0.0585. The Morgan fingerprint density at radius 2 is 2.08 bits per heavy atom. The molecule has 0 spiro atoms. The highest BCUT2D eigenvalue weighted by atomic mass is 19.1. The van der Waals surface area contributed by atoms with Crippen LogP contribution in [0.4, 0.5) is 4.39 Å². The smallest absolute Gasteiger partial charge is 0.489 e. The van der Waals surface area contributed by atoms with Crippen LogP contribution in [0.1, 0.15) is 15.9 Å². The van der Waals surface area contributed by atoms with E-state index >= 15 is 0 Å². The average molecular weight is 341 g/mol. The summed E-state index contributed by atoms with van der Waals surface area (Å²) in [5.41, 5.74) is 0.987. The zero-order valence-corrected chi connectivity index (χ0v) is 12.9. The molecule has 0 aliphatic carbocycles. The lowest BCUT2D eigenvalue weighted by atomic mass is 9.77. The lowest BCUT2D eigenvalue weighted by molar-refractivity contribution is 0.112. The van der Waals surface area contributed by atoms with Crippen molar-refractivity contribution in [2.45, 2.75) is 6.61 Å². The van der Waals surface area contributed by atoms with Crippen molar-refractivity contribution >= 4 is 18.9 Å². The summed E-state index contributed by atoms with van der Waals surface area (Å²) in [5, 5.41) is 18.3. The molecule has 1 aromatic heterocycles. The summed E-state index contributed by atoms with van der Waals surface area (Å²) in [7, 11) is -1.76. The molecule has 0 radical (unpaired) electrons. The molecule has 6 nitrogen and oxygen atoms in total. The first-order valence-corrected chi connectivity index (χ1v) is 7.35. The van der Waals surface area contributed by atoms with Gasteiger partial charge < -0.3 is 19.2 Å². The molecule has 0 aliphatic rings. The molecule has 8 heteroatoms. The van der Waals surface area contributed by atoms with Crippen molar-refractivity contribution in [2.24, 2.45) is 0 Å². The Bertz CT molecular complexity index is 883. The van der Waals surface area contributed by atoms with Crippen LogP contribution in [0.25, 0.3) is 11.5 Å². The van der Waals surface area contributed by atoms with Crippen LogP contribution in [0.15, 0.2) is 53.3 Å². The molecule has 3 aromatic rings. The zero-order chi connectivity index (χ0) is 17.8. The maximum Gasteiger partial charge on any atom is 0.489 e. The fourth-order valence-electron chi connectivity index (χ4n) is 2.30. The molecule has 0 aliphatic heterocycles. The van der Waals surface area contributed by atoms with Crippen LogP contribution < -0.4 is 10.2 Å². The Kier molecular flexibility index (Phi) is 4.92. The van der Waals surface area contributed by atoms with Gasteiger partial charge in [-0.2, -0.15) is 0 Å². The molecular formula is C17H13BFNO5. The molecule has 0 fully saturated rings. The van der Waals surface area contributed by atoms with Crippen molar-refractivity contribution in [2.75, 3.05) is 0 Å². The lowest BCUT2D eigenvalue weighted by Crippen LogP contribution is -2.32. The summed E-state index contributed by atoms with van der Waals surface area (Å²) < 4.78 is 24.8. The van der Waals surface area contributed by atoms with Gasteiger partial charge in [-0.1, -0.05) is 12.1 Å². The number of carbonyl (C=O) groups is 1. The number of benzene rings is 2. The van der Waals surface area contributed by atoms with Crippen LogP contribution in [-0.4, -0.2) is 28.4 Å². The number of aromatic nitrogens is 1. The number of nitrogens with zero attached hydrogens (tertiary/aromatic N) is 1. The number of hydrogen-bond donors (Lipinski definition) is 2. The molecule has 1 heterocycles. The van der Waals surface area contributed by atoms with Gasteiger partial charge in [0.05, 0.1) is 6.20 Å². The normalized spacial score (nSPS) is 10.5. The second-order valence-corrected chi connectivity index (χ2v) is 5.21. The maximum absolute atomic E-state index is 14.2. The van der Waals surface area contributed by atoms with Crippen molar-refractivity contribution in [1.29, 1.82) is 0 Å². The van der Waals surface area contributed by atoms with E-state index in [0.717, 1.165) is 0 Å². The molecule has 2 aromatic carbocycles. The lowest BCUT2D eigenvalue weighted by Gasteiger charge is -2.10. The third-order valence-electron chi connectivity index (χ3n) is 3.59. The van der Waals surface area contributed by atoms with E-state index in [2.05, 4.69) is 4.98 Å². The van der Waals surface area contributed by atoms with Gasteiger partial charge in [0.1, 0.15) is 30.7 Å². The van der Waals surface area contributed by atoms with Crippen molar-refractivity contribution in [3.05, 3.63) is 65.8 Å². The minimum Gasteiger partial charge on any atom is -0.489 e. The fourth-order valence-corrected chi connectivity index (χ4v) is 2.30. The Labute approximate surface area is 142 Å². The molecule has 0 saturated heterocycles. The van der Waals surface area contributed by atoms with Gasteiger partial charge in [0, 0.05) is 16.7 Å². The topological polar surface area (TPSA) is 92.8 Å². The minimum absolute atomic E-state index is 0.0585. The van der Waals surface area contributed by atoms with Crippen molar-refractivity contribution in [3.63, 3.8) is 0 Å². The molecule has 2 N–H and O–H groups in total. The number of ether oxygens (including phenoxy) is 1. The fraction of sp³-hybridized carbons (Fsp3) is 0.0588. The molecular weight excluding hydrogens is 328 g/mol. The average Bonchev–Trinajstić information content (AvgIpc) is 3.14. The highest BCUT2D eigenvalue weighted by molar-refractivity contribution is 6.60. The number of oxazole rings is 1. The summed E-state index contributed by atoms with van der Waals surface area (Å²) in [5.74, 6) is 0.150. The molecule has 0 unspecified atom stereocenters. The minimum atomic E-state index is -1.76. The largest absolute Gasteiger partial charge is 0.489 e. The summed E-state index contributed by atoms with van der Waals surface area (Å²) in [6.07, 6.45) is 3.37. The van der Waals surface area contributed by atoms with Gasteiger partial charge in [0.15, 0.2) is 0 Å². The monoisotopic (exact) mass is 341 g/mol. The van der Waals surface area contributed by atoms with E-state index in [-0.39, 0.29) is 17.6 Å². The van der Waals surface area contributed by atoms with Gasteiger partial charge in [-0.05, 0) is 29.7 Å². The van der Waals surface area contributed by atoms with E-state index in [1.54, 1.807) is 12.1 Å². The van der Waals surface area contributed by atoms with Crippen LogP contribution in [-0.2, 0) is 6.61 Å². The summed E-state index contributed by atoms with van der Waals surface area (Å²) >= 11 is 0. The van der Waals surface area contributed by atoms with Gasteiger partial charge in [-0.15, -0.1) is 0 Å². The third-order valence-corrected chi connectivity index (χ3v) is 3.59. The number of halogens is 1. The quantitative estimate of drug-likeness (QED) is 0.522. The van der Waals surface area contributed by atoms with Gasteiger partial charge in [0.25, 0.3) is 0 Å². The van der Waals surface area contributed by atoms with E-state index in [1.165, 1.54) is 36.7 Å².